The van der Waals surface area contributed by atoms with E-state index in [1.165, 1.54) is 5.56 Å². The molecule has 2 aromatic carbocycles. The Labute approximate surface area is 154 Å². The van der Waals surface area contributed by atoms with E-state index < -0.39 is 0 Å². The first-order valence-corrected chi connectivity index (χ1v) is 9.05. The number of nitrogens with one attached hydrogen (secondary N) is 1. The summed E-state index contributed by atoms with van der Waals surface area (Å²) >= 11 is 0. The van der Waals surface area contributed by atoms with E-state index in [9.17, 15) is 4.79 Å². The van der Waals surface area contributed by atoms with Crippen molar-refractivity contribution < 1.29 is 4.79 Å². The largest absolute Gasteiger partial charge is 0.351 e. The average molecular weight is 342 g/mol. The van der Waals surface area contributed by atoms with Gasteiger partial charge in [0.15, 0.2) is 0 Å². The molecule has 0 spiro atoms. The Morgan fingerprint density at radius 1 is 0.962 bits per heavy atom. The van der Waals surface area contributed by atoms with Crippen molar-refractivity contribution in [2.75, 3.05) is 6.54 Å². The summed E-state index contributed by atoms with van der Waals surface area (Å²) in [6.07, 6.45) is 2.25. The maximum atomic E-state index is 12.7. The van der Waals surface area contributed by atoms with Crippen molar-refractivity contribution in [2.24, 2.45) is 0 Å². The van der Waals surface area contributed by atoms with E-state index in [0.717, 1.165) is 29.8 Å². The molecule has 1 heterocycles. The van der Waals surface area contributed by atoms with Gasteiger partial charge in [-0.15, -0.1) is 0 Å². The molecule has 1 fully saturated rings. The van der Waals surface area contributed by atoms with E-state index in [0.29, 0.717) is 12.1 Å². The van der Waals surface area contributed by atoms with Crippen molar-refractivity contribution in [1.82, 2.24) is 10.3 Å². The van der Waals surface area contributed by atoms with Gasteiger partial charge in [-0.1, -0.05) is 60.7 Å². The predicted molar refractivity (Wildman–Crippen MR) is 104 cm³/mol. The van der Waals surface area contributed by atoms with Crippen molar-refractivity contribution in [3.63, 3.8) is 0 Å². The molecule has 1 N–H and O–H groups in total. The highest BCUT2D eigenvalue weighted by Gasteiger charge is 2.44. The fraction of sp³-hybridized carbons (Fsp3) is 0.217. The Bertz CT molecular complexity index is 915. The summed E-state index contributed by atoms with van der Waals surface area (Å²) in [5.41, 5.74) is 4.78. The van der Waals surface area contributed by atoms with Gasteiger partial charge in [0.2, 0.25) is 0 Å². The predicted octanol–water partition coefficient (Wildman–Crippen LogP) is 4.52. The molecule has 4 rings (SSSR count). The molecule has 130 valence electrons. The highest BCUT2D eigenvalue weighted by molar-refractivity contribution is 5.95. The first-order chi connectivity index (χ1) is 12.7. The van der Waals surface area contributed by atoms with Gasteiger partial charge in [0.25, 0.3) is 5.91 Å². The summed E-state index contributed by atoms with van der Waals surface area (Å²) in [5.74, 6) is -0.0446. The second kappa shape index (κ2) is 6.75. The van der Waals surface area contributed by atoms with Crippen LogP contribution in [-0.4, -0.2) is 17.4 Å². The zero-order chi connectivity index (χ0) is 18.0. The first-order valence-electron chi connectivity index (χ1n) is 9.05. The van der Waals surface area contributed by atoms with Gasteiger partial charge in [-0.2, -0.15) is 0 Å². The number of rotatable bonds is 5. The van der Waals surface area contributed by atoms with Crippen LogP contribution in [0.1, 0.15) is 34.5 Å². The molecule has 1 saturated carbocycles. The fourth-order valence-electron chi connectivity index (χ4n) is 3.43. The van der Waals surface area contributed by atoms with Crippen molar-refractivity contribution >= 4 is 5.91 Å². The Morgan fingerprint density at radius 3 is 2.23 bits per heavy atom. The van der Waals surface area contributed by atoms with Crippen LogP contribution in [0.25, 0.3) is 11.3 Å². The summed E-state index contributed by atoms with van der Waals surface area (Å²) in [4.78, 5) is 17.3. The molecule has 3 nitrogen and oxygen atoms in total. The van der Waals surface area contributed by atoms with Crippen LogP contribution in [0.15, 0.2) is 72.8 Å². The van der Waals surface area contributed by atoms with E-state index in [2.05, 4.69) is 34.6 Å². The van der Waals surface area contributed by atoms with Gasteiger partial charge in [0.1, 0.15) is 0 Å². The van der Waals surface area contributed by atoms with Crippen LogP contribution in [0.3, 0.4) is 0 Å². The molecule has 26 heavy (non-hydrogen) atoms. The quantitative estimate of drug-likeness (QED) is 0.741. The number of aryl methyl sites for hydroxylation is 1. The molecule has 0 atom stereocenters. The minimum absolute atomic E-state index is 0.0446. The molecule has 0 aliphatic heterocycles. The Morgan fingerprint density at radius 2 is 1.62 bits per heavy atom. The zero-order valence-electron chi connectivity index (χ0n) is 14.9. The number of pyridine rings is 1. The number of nitrogens with zero attached hydrogens (tertiary/aromatic N) is 1. The lowest BCUT2D eigenvalue weighted by Crippen LogP contribution is -2.32. The third kappa shape index (κ3) is 3.25. The van der Waals surface area contributed by atoms with E-state index in [1.54, 1.807) is 0 Å². The average Bonchev–Trinajstić information content (AvgIpc) is 3.49. The number of amides is 1. The highest BCUT2D eigenvalue weighted by atomic mass is 16.1. The molecular weight excluding hydrogens is 320 g/mol. The molecular formula is C23H22N2O. The number of carbonyl (C=O) groups excluding carboxylic acids is 1. The molecule has 1 amide bonds. The summed E-state index contributed by atoms with van der Waals surface area (Å²) in [7, 11) is 0. The lowest BCUT2D eigenvalue weighted by molar-refractivity contribution is 0.0948. The SMILES string of the molecule is Cc1nc(-c2ccccc2)ccc1C(=O)NCC1(c2ccccc2)CC1. The minimum atomic E-state index is -0.0446. The van der Waals surface area contributed by atoms with Crippen molar-refractivity contribution in [1.29, 1.82) is 0 Å². The standard InChI is InChI=1S/C23H22N2O/c1-17-20(12-13-21(25-17)18-8-4-2-5-9-18)22(26)24-16-23(14-15-23)19-10-6-3-7-11-19/h2-13H,14-16H2,1H3,(H,24,26). The lowest BCUT2D eigenvalue weighted by atomic mass is 9.96. The zero-order valence-corrected chi connectivity index (χ0v) is 14.9. The van der Waals surface area contributed by atoms with Crippen molar-refractivity contribution in [2.45, 2.75) is 25.2 Å². The number of benzene rings is 2. The Balaban J connectivity index is 1.47. The van der Waals surface area contributed by atoms with Crippen LogP contribution in [0.2, 0.25) is 0 Å². The third-order valence-electron chi connectivity index (χ3n) is 5.23. The van der Waals surface area contributed by atoms with Gasteiger partial charge in [0.05, 0.1) is 17.0 Å². The van der Waals surface area contributed by atoms with Crippen LogP contribution in [0.5, 0.6) is 0 Å². The van der Waals surface area contributed by atoms with Crippen LogP contribution in [-0.2, 0) is 5.41 Å². The van der Waals surface area contributed by atoms with E-state index >= 15 is 0 Å². The normalized spacial score (nSPS) is 14.7. The second-order valence-corrected chi connectivity index (χ2v) is 7.02. The van der Waals surface area contributed by atoms with E-state index in [-0.39, 0.29) is 11.3 Å². The van der Waals surface area contributed by atoms with Gasteiger partial charge < -0.3 is 5.32 Å². The summed E-state index contributed by atoms with van der Waals surface area (Å²) in [5, 5.41) is 3.12. The topological polar surface area (TPSA) is 42.0 Å². The fourth-order valence-corrected chi connectivity index (χ4v) is 3.43. The number of aromatic nitrogens is 1. The van der Waals surface area contributed by atoms with Crippen molar-refractivity contribution in [3.8, 4) is 11.3 Å². The molecule has 0 bridgehead atoms. The number of hydrogen-bond acceptors (Lipinski definition) is 2. The molecule has 1 aliphatic rings. The summed E-state index contributed by atoms with van der Waals surface area (Å²) in [6.45, 7) is 2.57. The molecule has 1 aromatic heterocycles. The molecule has 3 heteroatoms. The van der Waals surface area contributed by atoms with Crippen LogP contribution in [0, 0.1) is 6.92 Å². The van der Waals surface area contributed by atoms with Crippen LogP contribution < -0.4 is 5.32 Å². The maximum Gasteiger partial charge on any atom is 0.253 e. The number of hydrogen-bond donors (Lipinski definition) is 1. The van der Waals surface area contributed by atoms with E-state index in [4.69, 9.17) is 0 Å². The van der Waals surface area contributed by atoms with Crippen LogP contribution >= 0.6 is 0 Å². The summed E-state index contributed by atoms with van der Waals surface area (Å²) in [6, 6.07) is 24.3. The molecule has 3 aromatic rings. The molecule has 1 aliphatic carbocycles. The Kier molecular flexibility index (Phi) is 4.29. The Hall–Kier alpha value is -2.94. The van der Waals surface area contributed by atoms with Gasteiger partial charge in [0, 0.05) is 17.5 Å². The second-order valence-electron chi connectivity index (χ2n) is 7.02. The smallest absolute Gasteiger partial charge is 0.253 e. The van der Waals surface area contributed by atoms with Gasteiger partial charge in [-0.25, -0.2) is 0 Å². The van der Waals surface area contributed by atoms with Crippen LogP contribution in [0.4, 0.5) is 0 Å². The lowest BCUT2D eigenvalue weighted by Gasteiger charge is -2.17. The minimum Gasteiger partial charge on any atom is -0.351 e. The first kappa shape index (κ1) is 16.5. The van der Waals surface area contributed by atoms with E-state index in [1.807, 2.05) is 55.5 Å². The van der Waals surface area contributed by atoms with Gasteiger partial charge >= 0.3 is 0 Å². The molecule has 0 saturated heterocycles. The van der Waals surface area contributed by atoms with Crippen molar-refractivity contribution in [3.05, 3.63) is 89.6 Å². The van der Waals surface area contributed by atoms with Gasteiger partial charge in [-0.3, -0.25) is 9.78 Å². The number of carbonyl (C=O) groups is 1. The van der Waals surface area contributed by atoms with Gasteiger partial charge in [-0.05, 0) is 37.5 Å². The summed E-state index contributed by atoms with van der Waals surface area (Å²) < 4.78 is 0. The maximum absolute atomic E-state index is 12.7. The monoisotopic (exact) mass is 342 g/mol. The highest BCUT2D eigenvalue weighted by Crippen LogP contribution is 2.47. The molecule has 0 unspecified atom stereocenters. The molecule has 0 radical (unpaired) electrons. The third-order valence-corrected chi connectivity index (χ3v) is 5.23.